The highest BCUT2D eigenvalue weighted by Gasteiger charge is 2.02. The Morgan fingerprint density at radius 2 is 1.76 bits per heavy atom. The predicted octanol–water partition coefficient (Wildman–Crippen LogP) is 4.48. The highest BCUT2D eigenvalue weighted by atomic mass is 32.1. The van der Waals surface area contributed by atoms with Gasteiger partial charge in [0.1, 0.15) is 12.4 Å². The maximum absolute atomic E-state index is 5.87. The molecule has 0 radical (unpaired) electrons. The van der Waals surface area contributed by atoms with Crippen LogP contribution in [0.5, 0.6) is 5.75 Å². The fraction of sp³-hybridized carbons (Fsp3) is 0.0667. The third-order valence-electron chi connectivity index (χ3n) is 2.68. The number of hydrogen-bond acceptors (Lipinski definition) is 2. The lowest BCUT2D eigenvalue weighted by molar-refractivity contribution is 0.310. The Morgan fingerprint density at radius 1 is 0.882 bits per heavy atom. The molecule has 1 nitrogen and oxygen atoms in total. The molecular formula is C15H12OS. The molecule has 3 rings (SSSR count). The number of benzene rings is 2. The van der Waals surface area contributed by atoms with Crippen molar-refractivity contribution in [1.29, 1.82) is 0 Å². The first-order chi connectivity index (χ1) is 8.43. The fourth-order valence-corrected chi connectivity index (χ4v) is 2.68. The summed E-state index contributed by atoms with van der Waals surface area (Å²) < 4.78 is 7.10. The number of hydrogen-bond donors (Lipinski definition) is 0. The summed E-state index contributed by atoms with van der Waals surface area (Å²) in [5.41, 5.74) is 1.20. The van der Waals surface area contributed by atoms with E-state index in [9.17, 15) is 0 Å². The summed E-state index contributed by atoms with van der Waals surface area (Å²) in [4.78, 5) is 0. The van der Waals surface area contributed by atoms with Gasteiger partial charge < -0.3 is 4.74 Å². The summed E-state index contributed by atoms with van der Waals surface area (Å²) in [7, 11) is 0. The molecule has 0 saturated heterocycles. The molecule has 3 aromatic rings. The van der Waals surface area contributed by atoms with Crippen LogP contribution in [0, 0.1) is 0 Å². The zero-order chi connectivity index (χ0) is 11.5. The maximum Gasteiger partial charge on any atom is 0.137 e. The van der Waals surface area contributed by atoms with E-state index >= 15 is 0 Å². The van der Waals surface area contributed by atoms with Crippen LogP contribution < -0.4 is 4.74 Å². The third-order valence-corrected chi connectivity index (χ3v) is 3.62. The zero-order valence-electron chi connectivity index (χ0n) is 9.30. The smallest absolute Gasteiger partial charge is 0.137 e. The molecule has 0 spiro atoms. The van der Waals surface area contributed by atoms with Gasteiger partial charge in [-0.05, 0) is 28.5 Å². The van der Waals surface area contributed by atoms with Crippen molar-refractivity contribution in [2.75, 3.05) is 0 Å². The fourth-order valence-electron chi connectivity index (χ4n) is 1.81. The number of fused-ring (bicyclic) bond motifs is 1. The molecule has 0 aliphatic rings. The molecule has 0 N–H and O–H groups in total. The summed E-state index contributed by atoms with van der Waals surface area (Å²) in [5.74, 6) is 0.973. The van der Waals surface area contributed by atoms with E-state index in [0.29, 0.717) is 6.61 Å². The van der Waals surface area contributed by atoms with Gasteiger partial charge in [-0.25, -0.2) is 0 Å². The van der Waals surface area contributed by atoms with Gasteiger partial charge in [0.15, 0.2) is 0 Å². The van der Waals surface area contributed by atoms with Crippen LogP contribution in [0.3, 0.4) is 0 Å². The minimum Gasteiger partial charge on any atom is -0.487 e. The molecule has 1 heterocycles. The minimum absolute atomic E-state index is 0.623. The van der Waals surface area contributed by atoms with E-state index in [0.717, 1.165) is 5.75 Å². The second kappa shape index (κ2) is 4.60. The van der Waals surface area contributed by atoms with E-state index in [1.807, 2.05) is 30.3 Å². The second-order valence-electron chi connectivity index (χ2n) is 3.87. The van der Waals surface area contributed by atoms with Gasteiger partial charge in [-0.15, -0.1) is 11.3 Å². The van der Waals surface area contributed by atoms with E-state index < -0.39 is 0 Å². The Labute approximate surface area is 104 Å². The molecule has 0 bridgehead atoms. The van der Waals surface area contributed by atoms with Crippen LogP contribution in [-0.2, 0) is 6.61 Å². The van der Waals surface area contributed by atoms with Crippen molar-refractivity contribution in [3.05, 3.63) is 65.5 Å². The van der Waals surface area contributed by atoms with E-state index in [-0.39, 0.29) is 0 Å². The summed E-state index contributed by atoms with van der Waals surface area (Å²) in [6, 6.07) is 18.5. The van der Waals surface area contributed by atoms with Gasteiger partial charge in [0.2, 0.25) is 0 Å². The quantitative estimate of drug-likeness (QED) is 0.656. The van der Waals surface area contributed by atoms with Crippen molar-refractivity contribution in [1.82, 2.24) is 0 Å². The van der Waals surface area contributed by atoms with Crippen LogP contribution in [0.15, 0.2) is 60.0 Å². The Hall–Kier alpha value is -1.80. The van der Waals surface area contributed by atoms with Gasteiger partial charge >= 0.3 is 0 Å². The molecule has 0 atom stereocenters. The number of rotatable bonds is 3. The summed E-state index contributed by atoms with van der Waals surface area (Å²) in [6.45, 7) is 0.623. The van der Waals surface area contributed by atoms with Gasteiger partial charge in [0, 0.05) is 0 Å². The summed E-state index contributed by atoms with van der Waals surface area (Å²) >= 11 is 1.72. The van der Waals surface area contributed by atoms with Crippen molar-refractivity contribution in [2.24, 2.45) is 0 Å². The monoisotopic (exact) mass is 240 g/mol. The summed E-state index contributed by atoms with van der Waals surface area (Å²) in [6.07, 6.45) is 0. The molecule has 0 amide bonds. The number of ether oxygens (including phenoxy) is 1. The molecule has 2 aromatic carbocycles. The normalized spacial score (nSPS) is 10.6. The Bertz CT molecular complexity index is 613. The van der Waals surface area contributed by atoms with Crippen molar-refractivity contribution < 1.29 is 4.74 Å². The van der Waals surface area contributed by atoms with E-state index in [4.69, 9.17) is 4.74 Å². The topological polar surface area (TPSA) is 9.23 Å². The molecule has 0 aliphatic carbocycles. The zero-order valence-corrected chi connectivity index (χ0v) is 10.1. The van der Waals surface area contributed by atoms with E-state index in [2.05, 4.69) is 29.6 Å². The Balaban J connectivity index is 1.84. The molecule has 1 aromatic heterocycles. The maximum atomic E-state index is 5.87. The lowest BCUT2D eigenvalue weighted by Gasteiger charge is -2.07. The highest BCUT2D eigenvalue weighted by molar-refractivity contribution is 7.17. The average molecular weight is 240 g/mol. The van der Waals surface area contributed by atoms with Crippen LogP contribution in [-0.4, -0.2) is 0 Å². The summed E-state index contributed by atoms with van der Waals surface area (Å²) in [5, 5.41) is 3.35. The Morgan fingerprint density at radius 3 is 2.65 bits per heavy atom. The third kappa shape index (κ3) is 2.17. The van der Waals surface area contributed by atoms with Crippen LogP contribution in [0.25, 0.3) is 10.1 Å². The number of thiophene rings is 1. The minimum atomic E-state index is 0.623. The standard InChI is InChI=1S/C15H12OS/c1-2-5-12(6-3-1)11-16-14-8-4-7-13-9-10-17-15(13)14/h1-10H,11H2. The van der Waals surface area contributed by atoms with Crippen LogP contribution in [0.1, 0.15) is 5.56 Å². The molecule has 0 unspecified atom stereocenters. The molecule has 0 fully saturated rings. The molecule has 17 heavy (non-hydrogen) atoms. The molecule has 2 heteroatoms. The second-order valence-corrected chi connectivity index (χ2v) is 4.79. The molecular weight excluding hydrogens is 228 g/mol. The van der Waals surface area contributed by atoms with Gasteiger partial charge in [0.25, 0.3) is 0 Å². The highest BCUT2D eigenvalue weighted by Crippen LogP contribution is 2.30. The van der Waals surface area contributed by atoms with Crippen molar-refractivity contribution in [3.8, 4) is 5.75 Å². The SMILES string of the molecule is c1ccc(COc2cccc3ccsc23)cc1. The van der Waals surface area contributed by atoms with E-state index in [1.54, 1.807) is 11.3 Å². The van der Waals surface area contributed by atoms with Gasteiger partial charge in [-0.3, -0.25) is 0 Å². The first kappa shape index (κ1) is 10.4. The largest absolute Gasteiger partial charge is 0.487 e. The average Bonchev–Trinajstić information content (AvgIpc) is 2.86. The Kier molecular flexibility index (Phi) is 2.80. The predicted molar refractivity (Wildman–Crippen MR) is 72.6 cm³/mol. The van der Waals surface area contributed by atoms with Gasteiger partial charge in [0.05, 0.1) is 4.70 Å². The first-order valence-electron chi connectivity index (χ1n) is 5.56. The first-order valence-corrected chi connectivity index (χ1v) is 6.44. The molecule has 0 saturated carbocycles. The van der Waals surface area contributed by atoms with Gasteiger partial charge in [-0.1, -0.05) is 42.5 Å². The van der Waals surface area contributed by atoms with Gasteiger partial charge in [-0.2, -0.15) is 0 Å². The molecule has 0 aliphatic heterocycles. The van der Waals surface area contributed by atoms with Crippen molar-refractivity contribution in [2.45, 2.75) is 6.61 Å². The lowest BCUT2D eigenvalue weighted by atomic mass is 10.2. The molecule has 84 valence electrons. The van der Waals surface area contributed by atoms with Crippen molar-refractivity contribution in [3.63, 3.8) is 0 Å². The lowest BCUT2D eigenvalue weighted by Crippen LogP contribution is -1.94. The van der Waals surface area contributed by atoms with Crippen molar-refractivity contribution >= 4 is 21.4 Å². The van der Waals surface area contributed by atoms with Crippen LogP contribution in [0.2, 0.25) is 0 Å². The van der Waals surface area contributed by atoms with E-state index in [1.165, 1.54) is 15.6 Å². The van der Waals surface area contributed by atoms with Crippen LogP contribution in [0.4, 0.5) is 0 Å². The van der Waals surface area contributed by atoms with Crippen LogP contribution >= 0.6 is 11.3 Å².